The fraction of sp³-hybridized carbons (Fsp3) is 0.381. The monoisotopic (exact) mass is 378 g/mol. The van der Waals surface area contributed by atoms with Crippen LogP contribution in [0.4, 0.5) is 17.5 Å². The Morgan fingerprint density at radius 2 is 1.89 bits per heavy atom. The number of anilines is 3. The number of benzene rings is 1. The first-order valence-electron chi connectivity index (χ1n) is 9.62. The highest BCUT2D eigenvalue weighted by atomic mass is 16.3. The van der Waals surface area contributed by atoms with Gasteiger partial charge in [0.05, 0.1) is 6.10 Å². The van der Waals surface area contributed by atoms with Crippen molar-refractivity contribution in [2.45, 2.75) is 39.7 Å². The van der Waals surface area contributed by atoms with Gasteiger partial charge >= 0.3 is 0 Å². The third kappa shape index (κ3) is 4.14. The van der Waals surface area contributed by atoms with Gasteiger partial charge in [-0.25, -0.2) is 9.97 Å². The zero-order valence-electron chi connectivity index (χ0n) is 16.5. The molecule has 3 heterocycles. The minimum Gasteiger partial charge on any atom is -0.389 e. The molecule has 146 valence electrons. The van der Waals surface area contributed by atoms with Crippen molar-refractivity contribution >= 4 is 17.5 Å². The van der Waals surface area contributed by atoms with Crippen LogP contribution in [0.2, 0.25) is 0 Å². The molecule has 28 heavy (non-hydrogen) atoms. The topological polar surface area (TPSA) is 90.0 Å². The molecule has 3 aromatic rings. The molecule has 0 amide bonds. The van der Waals surface area contributed by atoms with Crippen molar-refractivity contribution in [1.29, 1.82) is 0 Å². The molecule has 0 unspecified atom stereocenters. The van der Waals surface area contributed by atoms with E-state index in [2.05, 4.69) is 57.5 Å². The number of aromatic amines is 1. The Morgan fingerprint density at radius 3 is 2.68 bits per heavy atom. The molecule has 3 N–H and O–H groups in total. The van der Waals surface area contributed by atoms with E-state index in [-0.39, 0.29) is 6.10 Å². The summed E-state index contributed by atoms with van der Waals surface area (Å²) in [4.78, 5) is 10.9. The fourth-order valence-electron chi connectivity index (χ4n) is 3.44. The number of hydrogen-bond acceptors (Lipinski definition) is 6. The Hall–Kier alpha value is -2.93. The van der Waals surface area contributed by atoms with E-state index in [9.17, 15) is 5.11 Å². The third-order valence-electron chi connectivity index (χ3n) is 5.07. The predicted octanol–water partition coefficient (Wildman–Crippen LogP) is 2.83. The van der Waals surface area contributed by atoms with Crippen molar-refractivity contribution in [3.63, 3.8) is 0 Å². The molecule has 0 aliphatic carbocycles. The number of aliphatic hydroxyl groups is 1. The lowest BCUT2D eigenvalue weighted by Gasteiger charge is -2.36. The summed E-state index contributed by atoms with van der Waals surface area (Å²) in [6.45, 7) is 7.37. The van der Waals surface area contributed by atoms with Crippen LogP contribution in [0.15, 0.2) is 30.3 Å². The van der Waals surface area contributed by atoms with Gasteiger partial charge in [0.15, 0.2) is 5.82 Å². The summed E-state index contributed by atoms with van der Waals surface area (Å²) >= 11 is 0. The maximum atomic E-state index is 9.51. The van der Waals surface area contributed by atoms with Crippen LogP contribution in [0.1, 0.15) is 28.2 Å². The number of aryl methyl sites for hydroxylation is 5. The van der Waals surface area contributed by atoms with E-state index in [1.807, 2.05) is 24.0 Å². The molecule has 7 heteroatoms. The third-order valence-corrected chi connectivity index (χ3v) is 5.07. The van der Waals surface area contributed by atoms with Crippen LogP contribution >= 0.6 is 0 Å². The lowest BCUT2D eigenvalue weighted by atomic mass is 10.0. The van der Waals surface area contributed by atoms with Gasteiger partial charge in [-0.15, -0.1) is 0 Å². The molecule has 1 aliphatic rings. The van der Waals surface area contributed by atoms with Gasteiger partial charge in [0, 0.05) is 30.9 Å². The van der Waals surface area contributed by atoms with E-state index in [4.69, 9.17) is 0 Å². The lowest BCUT2D eigenvalue weighted by molar-refractivity contribution is 0.141. The SMILES string of the molecule is Cc1ccc(C)c(CCc2cc(Nc3cc(N4CC(O)C4)nc(C)n3)n[nH]2)c1. The largest absolute Gasteiger partial charge is 0.389 e. The summed E-state index contributed by atoms with van der Waals surface area (Å²) in [6.07, 6.45) is 1.61. The quantitative estimate of drug-likeness (QED) is 0.611. The first-order valence-corrected chi connectivity index (χ1v) is 9.62. The van der Waals surface area contributed by atoms with E-state index in [1.165, 1.54) is 16.7 Å². The van der Waals surface area contributed by atoms with Crippen molar-refractivity contribution < 1.29 is 5.11 Å². The highest BCUT2D eigenvalue weighted by molar-refractivity contribution is 5.58. The van der Waals surface area contributed by atoms with Gasteiger partial charge in [-0.3, -0.25) is 5.10 Å². The number of nitrogens with zero attached hydrogens (tertiary/aromatic N) is 4. The summed E-state index contributed by atoms with van der Waals surface area (Å²) in [5.41, 5.74) is 5.07. The lowest BCUT2D eigenvalue weighted by Crippen LogP contribution is -2.51. The standard InChI is InChI=1S/C21H26N6O/c1-13-4-5-14(2)16(8-13)6-7-17-9-20(26-25-17)24-19-10-21(23-15(3)22-19)27-11-18(28)12-27/h4-5,8-10,18,28H,6-7,11-12H2,1-3H3,(H2,22,23,24,25,26). The second-order valence-electron chi connectivity index (χ2n) is 7.55. The molecule has 0 spiro atoms. The summed E-state index contributed by atoms with van der Waals surface area (Å²) in [7, 11) is 0. The zero-order chi connectivity index (χ0) is 19.7. The molecular weight excluding hydrogens is 352 g/mol. The van der Waals surface area contributed by atoms with Crippen LogP contribution in [0, 0.1) is 20.8 Å². The fourth-order valence-corrected chi connectivity index (χ4v) is 3.44. The number of nitrogens with one attached hydrogen (secondary N) is 2. The maximum Gasteiger partial charge on any atom is 0.153 e. The summed E-state index contributed by atoms with van der Waals surface area (Å²) in [6, 6.07) is 10.5. The average molecular weight is 378 g/mol. The number of aromatic nitrogens is 4. The van der Waals surface area contributed by atoms with E-state index in [0.717, 1.165) is 30.2 Å². The number of rotatable bonds is 6. The zero-order valence-corrected chi connectivity index (χ0v) is 16.5. The van der Waals surface area contributed by atoms with Crippen molar-refractivity contribution in [2.24, 2.45) is 0 Å². The van der Waals surface area contributed by atoms with Gasteiger partial charge in [0.2, 0.25) is 0 Å². The smallest absolute Gasteiger partial charge is 0.153 e. The van der Waals surface area contributed by atoms with Gasteiger partial charge in [0.1, 0.15) is 17.5 Å². The van der Waals surface area contributed by atoms with Gasteiger partial charge in [-0.1, -0.05) is 23.8 Å². The van der Waals surface area contributed by atoms with Crippen LogP contribution < -0.4 is 10.2 Å². The molecule has 1 saturated heterocycles. The van der Waals surface area contributed by atoms with E-state index >= 15 is 0 Å². The van der Waals surface area contributed by atoms with Crippen LogP contribution in [0.25, 0.3) is 0 Å². The molecule has 1 aliphatic heterocycles. The second-order valence-corrected chi connectivity index (χ2v) is 7.55. The van der Waals surface area contributed by atoms with Gasteiger partial charge in [-0.05, 0) is 44.7 Å². The Balaban J connectivity index is 1.41. The van der Waals surface area contributed by atoms with Gasteiger partial charge in [-0.2, -0.15) is 5.10 Å². The Morgan fingerprint density at radius 1 is 1.07 bits per heavy atom. The average Bonchev–Trinajstić information content (AvgIpc) is 3.06. The van der Waals surface area contributed by atoms with E-state index < -0.39 is 0 Å². The number of aliphatic hydroxyl groups excluding tert-OH is 1. The minimum absolute atomic E-state index is 0.266. The van der Waals surface area contributed by atoms with E-state index in [0.29, 0.717) is 24.7 Å². The Bertz CT molecular complexity index is 977. The normalized spacial score (nSPS) is 14.2. The minimum atomic E-state index is -0.266. The molecule has 2 aromatic heterocycles. The van der Waals surface area contributed by atoms with Crippen molar-refractivity contribution in [2.75, 3.05) is 23.3 Å². The van der Waals surface area contributed by atoms with Crippen molar-refractivity contribution in [3.8, 4) is 0 Å². The summed E-state index contributed by atoms with van der Waals surface area (Å²) in [5, 5.41) is 20.2. The summed E-state index contributed by atoms with van der Waals surface area (Å²) in [5.74, 6) is 2.96. The van der Waals surface area contributed by atoms with Gasteiger partial charge in [0.25, 0.3) is 0 Å². The summed E-state index contributed by atoms with van der Waals surface area (Å²) < 4.78 is 0. The van der Waals surface area contributed by atoms with Crippen LogP contribution in [0.5, 0.6) is 0 Å². The first-order chi connectivity index (χ1) is 13.5. The second kappa shape index (κ2) is 7.59. The Kier molecular flexibility index (Phi) is 5.00. The molecule has 0 radical (unpaired) electrons. The molecule has 0 atom stereocenters. The van der Waals surface area contributed by atoms with Crippen LogP contribution in [0.3, 0.4) is 0 Å². The first kappa shape index (κ1) is 18.4. The predicted molar refractivity (Wildman–Crippen MR) is 110 cm³/mol. The van der Waals surface area contributed by atoms with Crippen molar-refractivity contribution in [3.05, 3.63) is 58.5 Å². The molecule has 0 bridgehead atoms. The molecule has 1 aromatic carbocycles. The maximum absolute atomic E-state index is 9.51. The highest BCUT2D eigenvalue weighted by Gasteiger charge is 2.26. The number of H-pyrrole nitrogens is 1. The van der Waals surface area contributed by atoms with Crippen LogP contribution in [-0.4, -0.2) is 44.5 Å². The molecule has 7 nitrogen and oxygen atoms in total. The van der Waals surface area contributed by atoms with Crippen LogP contribution in [-0.2, 0) is 12.8 Å². The van der Waals surface area contributed by atoms with Crippen molar-refractivity contribution in [1.82, 2.24) is 20.2 Å². The molecule has 4 rings (SSSR count). The highest BCUT2D eigenvalue weighted by Crippen LogP contribution is 2.23. The molecule has 0 saturated carbocycles. The Labute approximate surface area is 164 Å². The number of hydrogen-bond donors (Lipinski definition) is 3. The number of β-amino-alcohol motifs (C(OH)–C–C–N with tert-alkyl or cyclic N) is 1. The molecule has 1 fully saturated rings. The molecular formula is C21H26N6O. The van der Waals surface area contributed by atoms with Gasteiger partial charge < -0.3 is 15.3 Å². The van der Waals surface area contributed by atoms with E-state index in [1.54, 1.807) is 0 Å².